The second kappa shape index (κ2) is 8.14. The summed E-state index contributed by atoms with van der Waals surface area (Å²) in [6.07, 6.45) is -0.449. The van der Waals surface area contributed by atoms with Gasteiger partial charge in [-0.2, -0.15) is 13.2 Å². The third-order valence-corrected chi connectivity index (χ3v) is 4.97. The third kappa shape index (κ3) is 4.41. The van der Waals surface area contributed by atoms with Gasteiger partial charge in [-0.1, -0.05) is 12.1 Å². The van der Waals surface area contributed by atoms with Crippen LogP contribution in [0.4, 0.5) is 19.1 Å². The topological polar surface area (TPSA) is 78.4 Å². The summed E-state index contributed by atoms with van der Waals surface area (Å²) in [6.45, 7) is 0.714. The van der Waals surface area contributed by atoms with Gasteiger partial charge in [0.05, 0.1) is 11.0 Å². The largest absolute Gasteiger partial charge is 0.416 e. The van der Waals surface area contributed by atoms with E-state index in [-0.39, 0.29) is 25.5 Å². The molecule has 1 fully saturated rings. The lowest BCUT2D eigenvalue weighted by Crippen LogP contribution is -2.43. The molecule has 1 unspecified atom stereocenters. The van der Waals surface area contributed by atoms with E-state index >= 15 is 0 Å². The molecule has 6 nitrogen and oxygen atoms in total. The molecule has 1 aliphatic rings. The molecule has 2 N–H and O–H groups in total. The van der Waals surface area contributed by atoms with Crippen molar-refractivity contribution in [3.8, 4) is 0 Å². The number of nitrogens with zero attached hydrogens (tertiary/aromatic N) is 3. The Hall–Kier alpha value is -2.68. The van der Waals surface area contributed by atoms with E-state index in [1.807, 2.05) is 4.90 Å². The summed E-state index contributed by atoms with van der Waals surface area (Å²) in [5.41, 5.74) is -1.23. The fourth-order valence-electron chi connectivity index (χ4n) is 3.44. The van der Waals surface area contributed by atoms with Crippen LogP contribution in [0.3, 0.4) is 0 Å². The SMILES string of the molecule is O=C(NCc1cccc(C(F)(F)F)c1)C1(CCO)CCN(c2ncccn2)C1. The Balaban J connectivity index is 1.69. The van der Waals surface area contributed by atoms with Crippen LogP contribution in [0.5, 0.6) is 0 Å². The number of benzene rings is 1. The van der Waals surface area contributed by atoms with Crippen molar-refractivity contribution < 1.29 is 23.1 Å². The average molecular weight is 394 g/mol. The normalized spacial score (nSPS) is 19.6. The molecule has 2 heterocycles. The number of anilines is 1. The second-order valence-corrected chi connectivity index (χ2v) is 6.86. The number of aromatic nitrogens is 2. The number of hydrogen-bond acceptors (Lipinski definition) is 5. The minimum absolute atomic E-state index is 0.0161. The molecule has 3 rings (SSSR count). The molecular weight excluding hydrogens is 373 g/mol. The van der Waals surface area contributed by atoms with Crippen LogP contribution in [0.25, 0.3) is 0 Å². The van der Waals surface area contributed by atoms with Crippen LogP contribution >= 0.6 is 0 Å². The summed E-state index contributed by atoms with van der Waals surface area (Å²) < 4.78 is 38.5. The molecule has 28 heavy (non-hydrogen) atoms. The quantitative estimate of drug-likeness (QED) is 0.787. The van der Waals surface area contributed by atoms with Gasteiger partial charge in [0.1, 0.15) is 0 Å². The number of hydrogen-bond donors (Lipinski definition) is 2. The Labute approximate surface area is 160 Å². The number of alkyl halides is 3. The van der Waals surface area contributed by atoms with Crippen molar-refractivity contribution >= 4 is 11.9 Å². The number of amides is 1. The first kappa shape index (κ1) is 20.1. The zero-order valence-electron chi connectivity index (χ0n) is 15.1. The van der Waals surface area contributed by atoms with E-state index < -0.39 is 17.2 Å². The number of halogens is 3. The highest BCUT2D eigenvalue weighted by atomic mass is 19.4. The van der Waals surface area contributed by atoms with Gasteiger partial charge < -0.3 is 15.3 Å². The van der Waals surface area contributed by atoms with E-state index in [0.29, 0.717) is 31.0 Å². The summed E-state index contributed by atoms with van der Waals surface area (Å²) >= 11 is 0. The Morgan fingerprint density at radius 2 is 2.00 bits per heavy atom. The third-order valence-electron chi connectivity index (χ3n) is 4.97. The van der Waals surface area contributed by atoms with Crippen LogP contribution in [0.15, 0.2) is 42.7 Å². The monoisotopic (exact) mass is 394 g/mol. The second-order valence-electron chi connectivity index (χ2n) is 6.86. The van der Waals surface area contributed by atoms with E-state index in [4.69, 9.17) is 0 Å². The van der Waals surface area contributed by atoms with Gasteiger partial charge in [-0.25, -0.2) is 9.97 Å². The molecule has 0 spiro atoms. The maximum Gasteiger partial charge on any atom is 0.416 e. The molecule has 1 aromatic carbocycles. The van der Waals surface area contributed by atoms with Gasteiger partial charge in [-0.15, -0.1) is 0 Å². The Morgan fingerprint density at radius 3 is 2.68 bits per heavy atom. The highest BCUT2D eigenvalue weighted by Crippen LogP contribution is 2.36. The van der Waals surface area contributed by atoms with E-state index in [2.05, 4.69) is 15.3 Å². The average Bonchev–Trinajstić information content (AvgIpc) is 3.12. The zero-order valence-corrected chi connectivity index (χ0v) is 15.1. The van der Waals surface area contributed by atoms with E-state index in [9.17, 15) is 23.1 Å². The fourth-order valence-corrected chi connectivity index (χ4v) is 3.44. The summed E-state index contributed by atoms with van der Waals surface area (Å²) in [7, 11) is 0. The summed E-state index contributed by atoms with van der Waals surface area (Å²) in [6, 6.07) is 6.57. The smallest absolute Gasteiger partial charge is 0.396 e. The molecule has 1 saturated heterocycles. The number of rotatable bonds is 6. The highest BCUT2D eigenvalue weighted by molar-refractivity contribution is 5.84. The number of aliphatic hydroxyl groups is 1. The minimum atomic E-state index is -4.43. The summed E-state index contributed by atoms with van der Waals surface area (Å²) in [5.74, 6) is 0.213. The van der Waals surface area contributed by atoms with E-state index in [0.717, 1.165) is 12.1 Å². The van der Waals surface area contributed by atoms with Crippen molar-refractivity contribution in [2.24, 2.45) is 5.41 Å². The van der Waals surface area contributed by atoms with Crippen molar-refractivity contribution in [1.29, 1.82) is 0 Å². The molecule has 2 aromatic rings. The predicted molar refractivity (Wildman–Crippen MR) is 96.3 cm³/mol. The lowest BCUT2D eigenvalue weighted by molar-refractivity contribution is -0.137. The minimum Gasteiger partial charge on any atom is -0.396 e. The lowest BCUT2D eigenvalue weighted by atomic mass is 9.82. The molecule has 1 amide bonds. The molecule has 9 heteroatoms. The van der Waals surface area contributed by atoms with Gasteiger partial charge >= 0.3 is 6.18 Å². The van der Waals surface area contributed by atoms with Gasteiger partial charge in [0, 0.05) is 38.6 Å². The van der Waals surface area contributed by atoms with Crippen LogP contribution in [-0.2, 0) is 17.5 Å². The number of aliphatic hydroxyl groups excluding tert-OH is 1. The lowest BCUT2D eigenvalue weighted by Gasteiger charge is -2.27. The number of carbonyl (C=O) groups excluding carboxylic acids is 1. The highest BCUT2D eigenvalue weighted by Gasteiger charge is 2.44. The van der Waals surface area contributed by atoms with Gasteiger partial charge in [0.25, 0.3) is 0 Å². The standard InChI is InChI=1S/C19H21F3N4O2/c20-19(21,22)15-4-1-3-14(11-15)12-25-16(28)18(6-10-27)5-9-26(13-18)17-23-7-2-8-24-17/h1-4,7-8,11,27H,5-6,9-10,12-13H2,(H,25,28). The van der Waals surface area contributed by atoms with Gasteiger partial charge in [0.2, 0.25) is 11.9 Å². The molecular formula is C19H21F3N4O2. The first-order valence-corrected chi connectivity index (χ1v) is 8.91. The Kier molecular flexibility index (Phi) is 5.83. The molecule has 1 aliphatic heterocycles. The van der Waals surface area contributed by atoms with Crippen LogP contribution in [0, 0.1) is 5.41 Å². The first-order chi connectivity index (χ1) is 13.3. The van der Waals surface area contributed by atoms with E-state index in [1.165, 1.54) is 12.1 Å². The van der Waals surface area contributed by atoms with E-state index in [1.54, 1.807) is 18.5 Å². The molecule has 0 radical (unpaired) electrons. The van der Waals surface area contributed by atoms with Crippen molar-refractivity contribution in [1.82, 2.24) is 15.3 Å². The fraction of sp³-hybridized carbons (Fsp3) is 0.421. The molecule has 0 saturated carbocycles. The number of carbonyl (C=O) groups is 1. The van der Waals surface area contributed by atoms with Gasteiger partial charge in [-0.05, 0) is 36.6 Å². The predicted octanol–water partition coefficient (Wildman–Crippen LogP) is 2.39. The van der Waals surface area contributed by atoms with Crippen LogP contribution in [-0.4, -0.2) is 40.7 Å². The van der Waals surface area contributed by atoms with Crippen molar-refractivity contribution in [2.75, 3.05) is 24.6 Å². The Morgan fingerprint density at radius 1 is 1.25 bits per heavy atom. The number of nitrogens with one attached hydrogen (secondary N) is 1. The van der Waals surface area contributed by atoms with Crippen molar-refractivity contribution in [3.05, 3.63) is 53.9 Å². The van der Waals surface area contributed by atoms with Crippen LogP contribution in [0.1, 0.15) is 24.0 Å². The molecule has 1 aromatic heterocycles. The molecule has 1 atom stereocenters. The maximum atomic E-state index is 12.9. The molecule has 150 valence electrons. The molecule has 0 bridgehead atoms. The van der Waals surface area contributed by atoms with Gasteiger partial charge in [0.15, 0.2) is 0 Å². The Bertz CT molecular complexity index is 816. The maximum absolute atomic E-state index is 12.9. The molecule has 0 aliphatic carbocycles. The summed E-state index contributed by atoms with van der Waals surface area (Å²) in [5, 5.41) is 12.2. The summed E-state index contributed by atoms with van der Waals surface area (Å²) in [4.78, 5) is 23.1. The zero-order chi connectivity index (χ0) is 20.2. The van der Waals surface area contributed by atoms with Gasteiger partial charge in [-0.3, -0.25) is 4.79 Å². The first-order valence-electron chi connectivity index (χ1n) is 8.91. The van der Waals surface area contributed by atoms with Crippen molar-refractivity contribution in [2.45, 2.75) is 25.6 Å². The van der Waals surface area contributed by atoms with Crippen LogP contribution in [0.2, 0.25) is 0 Å². The van der Waals surface area contributed by atoms with Crippen molar-refractivity contribution in [3.63, 3.8) is 0 Å². The van der Waals surface area contributed by atoms with Crippen LogP contribution < -0.4 is 10.2 Å².